The normalized spacial score (nSPS) is 12.2. The fourth-order valence-electron chi connectivity index (χ4n) is 4.07. The predicted octanol–water partition coefficient (Wildman–Crippen LogP) is 4.69. The standard InChI is InChI=1S/C26H17ClO17S5/c27-23-3-1-17(11-21(23)25(29)13-5-15(45-43-41-31)9-19(7-13)48(35,36)37)47(33,34)18-2-4-24(28)22(12-18)26(30)14-6-16(46-44-42-32)10-20(8-14)49(38,39)40/h1-12,28,31-32H,(H,35,36,37)(H,38,39,40). The first-order chi connectivity index (χ1) is 22.9. The van der Waals surface area contributed by atoms with Gasteiger partial charge in [-0.15, -0.1) is 8.67 Å². The molecule has 0 fully saturated rings. The Labute approximate surface area is 289 Å². The van der Waals surface area contributed by atoms with Gasteiger partial charge in [-0.05, 0) is 72.8 Å². The minimum Gasteiger partial charge on any atom is -0.507 e. The number of ketones is 2. The zero-order valence-corrected chi connectivity index (χ0v) is 28.3. The van der Waals surface area contributed by atoms with E-state index in [-0.39, 0.29) is 38.9 Å². The van der Waals surface area contributed by atoms with Crippen molar-refractivity contribution in [1.82, 2.24) is 0 Å². The van der Waals surface area contributed by atoms with Gasteiger partial charge in [-0.2, -0.15) is 16.8 Å². The summed E-state index contributed by atoms with van der Waals surface area (Å²) in [6, 6.07) is 10.7. The molecule has 0 bridgehead atoms. The second-order valence-corrected chi connectivity index (χ2v) is 16.0. The van der Waals surface area contributed by atoms with Gasteiger partial charge in [0.1, 0.15) is 5.75 Å². The largest absolute Gasteiger partial charge is 0.507 e. The lowest BCUT2D eigenvalue weighted by molar-refractivity contribution is -0.432. The van der Waals surface area contributed by atoms with Crippen LogP contribution in [0.25, 0.3) is 0 Å². The zero-order chi connectivity index (χ0) is 36.3. The Morgan fingerprint density at radius 3 is 1.47 bits per heavy atom. The molecule has 17 nitrogen and oxygen atoms in total. The van der Waals surface area contributed by atoms with Crippen molar-refractivity contribution in [3.05, 3.63) is 100 Å². The third-order valence-electron chi connectivity index (χ3n) is 6.22. The monoisotopic (exact) mass is 796 g/mol. The molecule has 0 aromatic heterocycles. The average Bonchev–Trinajstić information content (AvgIpc) is 3.04. The highest BCUT2D eigenvalue weighted by molar-refractivity contribution is 7.95. The van der Waals surface area contributed by atoms with E-state index < -0.39 is 89.2 Å². The first kappa shape index (κ1) is 38.3. The van der Waals surface area contributed by atoms with Gasteiger partial charge in [-0.3, -0.25) is 18.7 Å². The summed E-state index contributed by atoms with van der Waals surface area (Å²) in [5.74, 6) is -2.88. The highest BCUT2D eigenvalue weighted by atomic mass is 35.5. The molecular weight excluding hydrogens is 780 g/mol. The van der Waals surface area contributed by atoms with Crippen LogP contribution < -0.4 is 0 Å². The molecule has 0 unspecified atom stereocenters. The molecule has 0 radical (unpaired) electrons. The molecule has 23 heteroatoms. The summed E-state index contributed by atoms with van der Waals surface area (Å²) in [5.41, 5.74) is -2.00. The zero-order valence-electron chi connectivity index (χ0n) is 23.5. The molecule has 4 aromatic rings. The Morgan fingerprint density at radius 2 is 1.02 bits per heavy atom. The Hall–Kier alpha value is -3.46. The number of phenols is 1. The van der Waals surface area contributed by atoms with E-state index in [2.05, 4.69) is 18.7 Å². The molecule has 0 saturated carbocycles. The van der Waals surface area contributed by atoms with Crippen LogP contribution in [0.3, 0.4) is 0 Å². The van der Waals surface area contributed by atoms with Crippen LogP contribution in [0.2, 0.25) is 5.02 Å². The SMILES string of the molecule is O=C(c1cc(SOOO)cc(S(=O)(=O)O)c1)c1cc(S(=O)(=O)c2ccc(Cl)c(C(=O)c3cc(SOOO)cc(S(=O)(=O)O)c3)c2)ccc1O. The molecule has 0 heterocycles. The van der Waals surface area contributed by atoms with Crippen molar-refractivity contribution in [2.75, 3.05) is 0 Å². The summed E-state index contributed by atoms with van der Waals surface area (Å²) < 4.78 is 102. The van der Waals surface area contributed by atoms with Crippen molar-refractivity contribution in [1.29, 1.82) is 0 Å². The average molecular weight is 797 g/mol. The Balaban J connectivity index is 1.78. The molecule has 5 N–H and O–H groups in total. The minimum atomic E-state index is -4.90. The van der Waals surface area contributed by atoms with Crippen molar-refractivity contribution in [2.24, 2.45) is 0 Å². The predicted molar refractivity (Wildman–Crippen MR) is 166 cm³/mol. The van der Waals surface area contributed by atoms with Gasteiger partial charge in [0.25, 0.3) is 20.2 Å². The molecular formula is C26H17ClO17S5. The molecule has 0 amide bonds. The lowest BCUT2D eigenvalue weighted by Crippen LogP contribution is -2.10. The molecule has 0 saturated heterocycles. The van der Waals surface area contributed by atoms with Crippen molar-refractivity contribution in [2.45, 2.75) is 29.4 Å². The van der Waals surface area contributed by atoms with Crippen LogP contribution in [0, 0.1) is 0 Å². The van der Waals surface area contributed by atoms with E-state index >= 15 is 0 Å². The molecule has 0 aliphatic carbocycles. The number of phenolic OH excluding ortho intramolecular Hbond substituents is 1. The van der Waals surface area contributed by atoms with E-state index in [1.54, 1.807) is 0 Å². The number of hydrogen-bond donors (Lipinski definition) is 5. The first-order valence-corrected chi connectivity index (χ1v) is 18.6. The summed E-state index contributed by atoms with van der Waals surface area (Å²) in [6.07, 6.45) is 0. The van der Waals surface area contributed by atoms with Gasteiger partial charge in [0.15, 0.2) is 11.6 Å². The second-order valence-electron chi connectivity index (χ2n) is 9.27. The molecule has 0 atom stereocenters. The second kappa shape index (κ2) is 15.2. The fourth-order valence-corrected chi connectivity index (χ4v) is 7.75. The van der Waals surface area contributed by atoms with E-state index in [0.29, 0.717) is 0 Å². The van der Waals surface area contributed by atoms with Crippen molar-refractivity contribution in [3.8, 4) is 5.75 Å². The van der Waals surface area contributed by atoms with Crippen molar-refractivity contribution in [3.63, 3.8) is 0 Å². The van der Waals surface area contributed by atoms with Gasteiger partial charge in [0, 0.05) is 26.5 Å². The van der Waals surface area contributed by atoms with Gasteiger partial charge in [-0.1, -0.05) is 21.7 Å². The van der Waals surface area contributed by atoms with E-state index in [0.717, 1.165) is 72.8 Å². The quantitative estimate of drug-likeness (QED) is 0.0380. The van der Waals surface area contributed by atoms with E-state index in [4.69, 9.17) is 22.1 Å². The molecule has 49 heavy (non-hydrogen) atoms. The van der Waals surface area contributed by atoms with Crippen molar-refractivity contribution < 1.29 is 78.3 Å². The number of carbonyl (C=O) groups excluding carboxylic acids is 2. The number of sulfone groups is 1. The van der Waals surface area contributed by atoms with Gasteiger partial charge < -0.3 is 5.11 Å². The number of hydrogen-bond acceptors (Lipinski definition) is 17. The van der Waals surface area contributed by atoms with Crippen LogP contribution >= 0.6 is 35.7 Å². The molecule has 0 spiro atoms. The van der Waals surface area contributed by atoms with E-state index in [1.807, 2.05) is 0 Å². The lowest BCUT2D eigenvalue weighted by Gasteiger charge is -2.12. The molecule has 4 rings (SSSR count). The van der Waals surface area contributed by atoms with Crippen LogP contribution in [0.4, 0.5) is 0 Å². The summed E-state index contributed by atoms with van der Waals surface area (Å²) >= 11 is 6.69. The van der Waals surface area contributed by atoms with Crippen molar-refractivity contribution >= 4 is 77.3 Å². The van der Waals surface area contributed by atoms with Gasteiger partial charge >= 0.3 is 0 Å². The van der Waals surface area contributed by atoms with Crippen LogP contribution in [0.15, 0.2) is 102 Å². The number of benzene rings is 4. The summed E-state index contributed by atoms with van der Waals surface area (Å²) in [6.45, 7) is 0. The third kappa shape index (κ3) is 9.02. The van der Waals surface area contributed by atoms with Crippen LogP contribution in [-0.4, -0.2) is 61.5 Å². The highest BCUT2D eigenvalue weighted by Crippen LogP contribution is 2.33. The number of carbonyl (C=O) groups is 2. The van der Waals surface area contributed by atoms with Crippen LogP contribution in [0.1, 0.15) is 31.8 Å². The lowest BCUT2D eigenvalue weighted by atomic mass is 10.0. The number of aromatic hydroxyl groups is 1. The number of halogens is 1. The Kier molecular flexibility index (Phi) is 11.9. The maximum Gasteiger partial charge on any atom is 0.294 e. The Morgan fingerprint density at radius 1 is 0.592 bits per heavy atom. The molecule has 0 aliphatic heterocycles. The maximum absolute atomic E-state index is 13.7. The van der Waals surface area contributed by atoms with Gasteiger partial charge in [0.2, 0.25) is 9.84 Å². The molecule has 4 aromatic carbocycles. The van der Waals surface area contributed by atoms with E-state index in [1.165, 1.54) is 0 Å². The maximum atomic E-state index is 13.7. The summed E-state index contributed by atoms with van der Waals surface area (Å²) in [4.78, 5) is 23.8. The topological polar surface area (TPSA) is 275 Å². The van der Waals surface area contributed by atoms with Gasteiger partial charge in [-0.25, -0.2) is 18.9 Å². The molecule has 0 aliphatic rings. The number of rotatable bonds is 14. The summed E-state index contributed by atoms with van der Waals surface area (Å²) in [5, 5.41) is 33.9. The minimum absolute atomic E-state index is 0.157. The smallest absolute Gasteiger partial charge is 0.294 e. The molecule has 260 valence electrons. The summed E-state index contributed by atoms with van der Waals surface area (Å²) in [7, 11) is -14.4. The fraction of sp³-hybridized carbons (Fsp3) is 0. The van der Waals surface area contributed by atoms with E-state index in [9.17, 15) is 49.1 Å². The highest BCUT2D eigenvalue weighted by Gasteiger charge is 2.26. The Bertz CT molecular complexity index is 2140. The van der Waals surface area contributed by atoms with Gasteiger partial charge in [0.05, 0.1) is 54.3 Å². The van der Waals surface area contributed by atoms with Crippen LogP contribution in [-0.2, 0) is 48.8 Å². The third-order valence-corrected chi connectivity index (χ3v) is 11.1. The van der Waals surface area contributed by atoms with Crippen LogP contribution in [0.5, 0.6) is 5.75 Å². The first-order valence-electron chi connectivity index (χ1n) is 12.4.